The van der Waals surface area contributed by atoms with Gasteiger partial charge < -0.3 is 9.47 Å². The summed E-state index contributed by atoms with van der Waals surface area (Å²) in [7, 11) is 0. The van der Waals surface area contributed by atoms with Gasteiger partial charge in [-0.25, -0.2) is 4.98 Å². The summed E-state index contributed by atoms with van der Waals surface area (Å²) in [6.07, 6.45) is 2.23. The first-order valence-corrected chi connectivity index (χ1v) is 10.6. The summed E-state index contributed by atoms with van der Waals surface area (Å²) in [5.74, 6) is 0.324. The third-order valence-electron chi connectivity index (χ3n) is 4.79. The number of hydrogen-bond acceptors (Lipinski definition) is 6. The van der Waals surface area contributed by atoms with Gasteiger partial charge >= 0.3 is 0 Å². The number of aromatic nitrogens is 1. The van der Waals surface area contributed by atoms with Crippen molar-refractivity contribution in [3.8, 4) is 17.0 Å². The molecule has 2 heterocycles. The van der Waals surface area contributed by atoms with E-state index < -0.39 is 0 Å². The van der Waals surface area contributed by atoms with E-state index in [1.165, 1.54) is 18.3 Å². The number of carbonyl (C=O) groups is 2. The molecule has 2 aromatic carbocycles. The number of hydrogen-bond donors (Lipinski definition) is 1. The zero-order chi connectivity index (χ0) is 20.9. The van der Waals surface area contributed by atoms with E-state index in [-0.39, 0.29) is 17.8 Å². The molecule has 1 fully saturated rings. The van der Waals surface area contributed by atoms with Gasteiger partial charge in [0.05, 0.1) is 16.7 Å². The first kappa shape index (κ1) is 20.3. The number of rotatable bonds is 7. The second-order valence-electron chi connectivity index (χ2n) is 7.04. The summed E-state index contributed by atoms with van der Waals surface area (Å²) in [6.45, 7) is 2.81. The highest BCUT2D eigenvalue weighted by Crippen LogP contribution is 2.31. The van der Waals surface area contributed by atoms with Gasteiger partial charge in [0, 0.05) is 24.7 Å². The van der Waals surface area contributed by atoms with Crippen LogP contribution in [0.25, 0.3) is 11.3 Å². The van der Waals surface area contributed by atoms with Crippen LogP contribution in [0.1, 0.15) is 39.8 Å². The van der Waals surface area contributed by atoms with Crippen LogP contribution in [0.5, 0.6) is 5.75 Å². The summed E-state index contributed by atoms with van der Waals surface area (Å²) in [4.78, 5) is 29.7. The number of ether oxygens (including phenoxy) is 2. The highest BCUT2D eigenvalue weighted by Gasteiger charge is 2.19. The Labute approximate surface area is 178 Å². The van der Waals surface area contributed by atoms with Gasteiger partial charge in [0.25, 0.3) is 5.91 Å². The van der Waals surface area contributed by atoms with Gasteiger partial charge in [-0.1, -0.05) is 41.7 Å². The minimum absolute atomic E-state index is 0.0837. The molecule has 0 aliphatic carbocycles. The number of carbonyl (C=O) groups excluding carboxylic acids is 2. The standard InChI is InChI=1S/C23H22N2O4S/c1-15(26)21-20(16-6-3-2-4-7-16)24-23(30-21)25-22(27)17-9-11-18(12-10-17)29-14-19-8-5-13-28-19/h2-4,6-7,9-12,19H,5,8,13-14H2,1H3,(H,24,25,27)/t19-/m0/s1. The molecule has 1 atom stereocenters. The average molecular weight is 423 g/mol. The van der Waals surface area contributed by atoms with E-state index >= 15 is 0 Å². The van der Waals surface area contributed by atoms with E-state index in [0.29, 0.717) is 33.6 Å². The molecule has 0 saturated carbocycles. The molecule has 1 aliphatic rings. The average Bonchev–Trinajstić information content (AvgIpc) is 3.43. The monoisotopic (exact) mass is 422 g/mol. The molecule has 6 nitrogen and oxygen atoms in total. The second-order valence-corrected chi connectivity index (χ2v) is 8.04. The summed E-state index contributed by atoms with van der Waals surface area (Å²) in [5.41, 5.74) is 1.91. The van der Waals surface area contributed by atoms with E-state index in [1.807, 2.05) is 30.3 Å². The highest BCUT2D eigenvalue weighted by atomic mass is 32.1. The topological polar surface area (TPSA) is 77.5 Å². The Morgan fingerprint density at radius 2 is 1.93 bits per heavy atom. The second kappa shape index (κ2) is 9.19. The number of nitrogens with zero attached hydrogens (tertiary/aromatic N) is 1. The minimum Gasteiger partial charge on any atom is -0.491 e. The van der Waals surface area contributed by atoms with E-state index in [4.69, 9.17) is 9.47 Å². The molecule has 1 amide bonds. The summed E-state index contributed by atoms with van der Waals surface area (Å²) >= 11 is 1.18. The molecule has 0 bridgehead atoms. The van der Waals surface area contributed by atoms with Gasteiger partial charge in [-0.3, -0.25) is 14.9 Å². The van der Waals surface area contributed by atoms with Crippen molar-refractivity contribution in [2.45, 2.75) is 25.9 Å². The van der Waals surface area contributed by atoms with Crippen LogP contribution < -0.4 is 10.1 Å². The van der Waals surface area contributed by atoms with Crippen LogP contribution in [0.2, 0.25) is 0 Å². The number of anilines is 1. The lowest BCUT2D eigenvalue weighted by molar-refractivity contribution is 0.0679. The van der Waals surface area contributed by atoms with Crippen LogP contribution in [0, 0.1) is 0 Å². The Hall–Kier alpha value is -3.03. The van der Waals surface area contributed by atoms with Crippen molar-refractivity contribution in [2.75, 3.05) is 18.5 Å². The third-order valence-corrected chi connectivity index (χ3v) is 5.86. The molecule has 154 valence electrons. The maximum absolute atomic E-state index is 12.6. The van der Waals surface area contributed by atoms with E-state index in [2.05, 4.69) is 10.3 Å². The lowest BCUT2D eigenvalue weighted by Crippen LogP contribution is -2.16. The van der Waals surface area contributed by atoms with Gasteiger partial charge in [0.2, 0.25) is 0 Å². The maximum Gasteiger partial charge on any atom is 0.257 e. The number of ketones is 1. The molecule has 0 unspecified atom stereocenters. The van der Waals surface area contributed by atoms with Crippen LogP contribution in [-0.4, -0.2) is 36.0 Å². The summed E-state index contributed by atoms with van der Waals surface area (Å²) in [6, 6.07) is 16.4. The van der Waals surface area contributed by atoms with E-state index in [0.717, 1.165) is 25.0 Å². The lowest BCUT2D eigenvalue weighted by atomic mass is 10.1. The quantitative estimate of drug-likeness (QED) is 0.552. The first-order chi connectivity index (χ1) is 14.6. The van der Waals surface area contributed by atoms with Crippen molar-refractivity contribution >= 4 is 28.2 Å². The first-order valence-electron chi connectivity index (χ1n) is 9.83. The van der Waals surface area contributed by atoms with Gasteiger partial charge in [0.1, 0.15) is 12.4 Å². The molecule has 7 heteroatoms. The van der Waals surface area contributed by atoms with Gasteiger partial charge in [-0.05, 0) is 37.1 Å². The Morgan fingerprint density at radius 3 is 2.60 bits per heavy atom. The molecule has 0 radical (unpaired) electrons. The highest BCUT2D eigenvalue weighted by molar-refractivity contribution is 7.18. The molecule has 30 heavy (non-hydrogen) atoms. The molecule has 1 N–H and O–H groups in total. The molecule has 4 rings (SSSR count). The van der Waals surface area contributed by atoms with Crippen LogP contribution in [0.15, 0.2) is 54.6 Å². The fraction of sp³-hybridized carbons (Fsp3) is 0.261. The normalized spacial score (nSPS) is 15.7. The number of amides is 1. The van der Waals surface area contributed by atoms with Crippen LogP contribution in [0.3, 0.4) is 0 Å². The fourth-order valence-corrected chi connectivity index (χ4v) is 4.12. The van der Waals surface area contributed by atoms with Crippen molar-refractivity contribution < 1.29 is 19.1 Å². The predicted octanol–water partition coefficient (Wildman–Crippen LogP) is 4.82. The molecular formula is C23H22N2O4S. The molecule has 0 spiro atoms. The van der Waals surface area contributed by atoms with Crippen molar-refractivity contribution in [1.82, 2.24) is 4.98 Å². The van der Waals surface area contributed by atoms with Crippen molar-refractivity contribution in [2.24, 2.45) is 0 Å². The van der Waals surface area contributed by atoms with Crippen molar-refractivity contribution in [1.29, 1.82) is 0 Å². The molecule has 1 aliphatic heterocycles. The van der Waals surface area contributed by atoms with Crippen molar-refractivity contribution in [3.63, 3.8) is 0 Å². The minimum atomic E-state index is -0.288. The van der Waals surface area contributed by atoms with Crippen molar-refractivity contribution in [3.05, 3.63) is 65.0 Å². The number of nitrogens with one attached hydrogen (secondary N) is 1. The smallest absolute Gasteiger partial charge is 0.257 e. The molecule has 3 aromatic rings. The predicted molar refractivity (Wildman–Crippen MR) is 116 cm³/mol. The zero-order valence-corrected chi connectivity index (χ0v) is 17.4. The summed E-state index contributed by atoms with van der Waals surface area (Å²) in [5, 5.41) is 3.19. The Kier molecular flexibility index (Phi) is 6.21. The van der Waals surface area contributed by atoms with Gasteiger partial charge in [-0.2, -0.15) is 0 Å². The Morgan fingerprint density at radius 1 is 1.17 bits per heavy atom. The molecule has 1 aromatic heterocycles. The Balaban J connectivity index is 1.44. The Bertz CT molecular complexity index is 1030. The number of thiazole rings is 1. The lowest BCUT2D eigenvalue weighted by Gasteiger charge is -2.11. The number of benzene rings is 2. The fourth-order valence-electron chi connectivity index (χ4n) is 3.24. The van der Waals surface area contributed by atoms with Crippen LogP contribution in [-0.2, 0) is 4.74 Å². The number of Topliss-reactive ketones (excluding diaryl/α,β-unsaturated/α-hetero) is 1. The zero-order valence-electron chi connectivity index (χ0n) is 16.6. The van der Waals surface area contributed by atoms with Gasteiger partial charge in [0.15, 0.2) is 10.9 Å². The largest absolute Gasteiger partial charge is 0.491 e. The molecule has 1 saturated heterocycles. The SMILES string of the molecule is CC(=O)c1sc(NC(=O)c2ccc(OC[C@@H]3CCCO3)cc2)nc1-c1ccccc1. The van der Waals surface area contributed by atoms with Crippen LogP contribution >= 0.6 is 11.3 Å². The maximum atomic E-state index is 12.6. The third kappa shape index (κ3) is 4.75. The van der Waals surface area contributed by atoms with Crippen LogP contribution in [0.4, 0.5) is 5.13 Å². The summed E-state index contributed by atoms with van der Waals surface area (Å²) < 4.78 is 11.3. The van der Waals surface area contributed by atoms with E-state index in [1.54, 1.807) is 24.3 Å². The van der Waals surface area contributed by atoms with Gasteiger partial charge in [-0.15, -0.1) is 0 Å². The molecular weight excluding hydrogens is 400 g/mol. The van der Waals surface area contributed by atoms with E-state index in [9.17, 15) is 9.59 Å².